The predicted octanol–water partition coefficient (Wildman–Crippen LogP) is 0.922. The smallest absolute Gasteiger partial charge is 0.252 e. The molecule has 1 aromatic carbocycles. The van der Waals surface area contributed by atoms with Crippen LogP contribution in [0.15, 0.2) is 18.2 Å². The Kier molecular flexibility index (Phi) is 5.83. The van der Waals surface area contributed by atoms with Crippen molar-refractivity contribution in [3.8, 4) is 5.75 Å². The predicted molar refractivity (Wildman–Crippen MR) is 77.6 cm³/mol. The van der Waals surface area contributed by atoms with Gasteiger partial charge in [0.05, 0.1) is 7.11 Å². The van der Waals surface area contributed by atoms with Gasteiger partial charge in [-0.2, -0.15) is 0 Å². The number of carbonyl (C=O) groups is 2. The van der Waals surface area contributed by atoms with E-state index in [4.69, 9.17) is 10.5 Å². The van der Waals surface area contributed by atoms with E-state index in [1.54, 1.807) is 19.1 Å². The number of amides is 2. The monoisotopic (exact) mass is 279 g/mol. The van der Waals surface area contributed by atoms with Crippen molar-refractivity contribution in [2.45, 2.75) is 26.3 Å². The average Bonchev–Trinajstić information content (AvgIpc) is 2.43. The number of methoxy groups -OCH3 is 1. The van der Waals surface area contributed by atoms with Crippen LogP contribution in [0.4, 0.5) is 5.69 Å². The number of rotatable bonds is 6. The van der Waals surface area contributed by atoms with Crippen LogP contribution in [0, 0.1) is 0 Å². The Bertz CT molecular complexity index is 489. The molecule has 110 valence electrons. The Morgan fingerprint density at radius 2 is 2.05 bits per heavy atom. The summed E-state index contributed by atoms with van der Waals surface area (Å²) in [5.41, 5.74) is 6.48. The van der Waals surface area contributed by atoms with Gasteiger partial charge in [0.1, 0.15) is 11.8 Å². The second kappa shape index (κ2) is 7.37. The molecule has 1 aromatic rings. The summed E-state index contributed by atoms with van der Waals surface area (Å²) in [5, 5.41) is 5.34. The van der Waals surface area contributed by atoms with Gasteiger partial charge in [0.25, 0.3) is 5.91 Å². The first-order chi connectivity index (χ1) is 9.47. The van der Waals surface area contributed by atoms with Crippen LogP contribution in [0.5, 0.6) is 5.75 Å². The van der Waals surface area contributed by atoms with Gasteiger partial charge in [0.15, 0.2) is 0 Å². The van der Waals surface area contributed by atoms with Gasteiger partial charge in [0.2, 0.25) is 5.91 Å². The molecule has 0 saturated heterocycles. The van der Waals surface area contributed by atoms with Crippen LogP contribution in [0.3, 0.4) is 0 Å². The van der Waals surface area contributed by atoms with Crippen molar-refractivity contribution < 1.29 is 14.3 Å². The summed E-state index contributed by atoms with van der Waals surface area (Å²) in [7, 11) is 1.50. The number of nitrogen functional groups attached to an aromatic ring is 1. The van der Waals surface area contributed by atoms with E-state index in [0.29, 0.717) is 23.5 Å². The zero-order chi connectivity index (χ0) is 15.1. The van der Waals surface area contributed by atoms with E-state index in [2.05, 4.69) is 10.6 Å². The third kappa shape index (κ3) is 4.46. The molecule has 0 aliphatic rings. The highest BCUT2D eigenvalue weighted by atomic mass is 16.5. The highest BCUT2D eigenvalue weighted by molar-refractivity contribution is 5.98. The van der Waals surface area contributed by atoms with Crippen molar-refractivity contribution in [1.82, 2.24) is 10.6 Å². The fourth-order valence-electron chi connectivity index (χ4n) is 1.62. The molecule has 0 bridgehead atoms. The first-order valence-electron chi connectivity index (χ1n) is 6.51. The molecule has 0 aromatic heterocycles. The minimum atomic E-state index is -0.610. The van der Waals surface area contributed by atoms with Crippen LogP contribution in [0.25, 0.3) is 0 Å². The van der Waals surface area contributed by atoms with Gasteiger partial charge in [-0.05, 0) is 25.5 Å². The first-order valence-corrected chi connectivity index (χ1v) is 6.51. The third-order valence-corrected chi connectivity index (χ3v) is 2.72. The average molecular weight is 279 g/mol. The molecular weight excluding hydrogens is 258 g/mol. The lowest BCUT2D eigenvalue weighted by atomic mass is 10.1. The van der Waals surface area contributed by atoms with Crippen LogP contribution >= 0.6 is 0 Å². The molecule has 2 amide bonds. The fourth-order valence-corrected chi connectivity index (χ4v) is 1.62. The van der Waals surface area contributed by atoms with Crippen molar-refractivity contribution in [1.29, 1.82) is 0 Å². The number of benzene rings is 1. The molecule has 0 heterocycles. The Hall–Kier alpha value is -2.24. The van der Waals surface area contributed by atoms with Crippen LogP contribution in [-0.2, 0) is 4.79 Å². The molecular formula is C14H21N3O3. The Morgan fingerprint density at radius 3 is 2.65 bits per heavy atom. The molecule has 1 rings (SSSR count). The van der Waals surface area contributed by atoms with Crippen molar-refractivity contribution in [3.63, 3.8) is 0 Å². The first kappa shape index (κ1) is 15.8. The van der Waals surface area contributed by atoms with Crippen molar-refractivity contribution >= 4 is 17.5 Å². The van der Waals surface area contributed by atoms with Crippen LogP contribution in [0.2, 0.25) is 0 Å². The van der Waals surface area contributed by atoms with E-state index in [-0.39, 0.29) is 11.8 Å². The lowest BCUT2D eigenvalue weighted by molar-refractivity contribution is -0.122. The number of hydrogen-bond acceptors (Lipinski definition) is 4. The third-order valence-electron chi connectivity index (χ3n) is 2.72. The minimum absolute atomic E-state index is 0.212. The topological polar surface area (TPSA) is 93.5 Å². The number of anilines is 1. The molecule has 1 unspecified atom stereocenters. The van der Waals surface area contributed by atoms with E-state index in [0.717, 1.165) is 6.42 Å². The molecule has 6 nitrogen and oxygen atoms in total. The number of nitrogens with two attached hydrogens (primary N) is 1. The summed E-state index contributed by atoms with van der Waals surface area (Å²) in [6, 6.07) is 4.12. The Balaban J connectivity index is 2.71. The van der Waals surface area contributed by atoms with Crippen LogP contribution < -0.4 is 21.1 Å². The largest absolute Gasteiger partial charge is 0.497 e. The van der Waals surface area contributed by atoms with E-state index in [1.165, 1.54) is 13.2 Å². The summed E-state index contributed by atoms with van der Waals surface area (Å²) in [4.78, 5) is 23.7. The Labute approximate surface area is 118 Å². The highest BCUT2D eigenvalue weighted by Gasteiger charge is 2.16. The van der Waals surface area contributed by atoms with E-state index in [1.807, 2.05) is 6.92 Å². The molecule has 0 spiro atoms. The quantitative estimate of drug-likeness (QED) is 0.675. The molecule has 6 heteroatoms. The van der Waals surface area contributed by atoms with Gasteiger partial charge in [0, 0.05) is 23.9 Å². The van der Waals surface area contributed by atoms with Gasteiger partial charge < -0.3 is 21.1 Å². The van der Waals surface area contributed by atoms with Gasteiger partial charge in [-0.1, -0.05) is 6.92 Å². The second-order valence-corrected chi connectivity index (χ2v) is 4.48. The maximum absolute atomic E-state index is 12.1. The number of ether oxygens (including phenoxy) is 1. The molecule has 0 fully saturated rings. The molecule has 20 heavy (non-hydrogen) atoms. The second-order valence-electron chi connectivity index (χ2n) is 4.48. The van der Waals surface area contributed by atoms with Crippen molar-refractivity contribution in [2.75, 3.05) is 19.4 Å². The minimum Gasteiger partial charge on any atom is -0.497 e. The van der Waals surface area contributed by atoms with Gasteiger partial charge in [-0.25, -0.2) is 0 Å². The summed E-state index contributed by atoms with van der Waals surface area (Å²) in [6.45, 7) is 4.18. The van der Waals surface area contributed by atoms with Gasteiger partial charge >= 0.3 is 0 Å². The lowest BCUT2D eigenvalue weighted by Crippen LogP contribution is -2.45. The van der Waals surface area contributed by atoms with Crippen molar-refractivity contribution in [2.24, 2.45) is 0 Å². The number of nitrogens with one attached hydrogen (secondary N) is 2. The van der Waals surface area contributed by atoms with E-state index < -0.39 is 6.04 Å². The lowest BCUT2D eigenvalue weighted by Gasteiger charge is -2.14. The zero-order valence-electron chi connectivity index (χ0n) is 12.0. The number of hydrogen-bond donors (Lipinski definition) is 3. The van der Waals surface area contributed by atoms with Crippen LogP contribution in [0.1, 0.15) is 30.6 Å². The molecule has 0 saturated carbocycles. The maximum atomic E-state index is 12.1. The molecule has 0 aliphatic heterocycles. The Morgan fingerprint density at radius 1 is 1.35 bits per heavy atom. The SMILES string of the molecule is CCCNC(=O)C(C)NC(=O)c1cc(N)cc(OC)c1. The highest BCUT2D eigenvalue weighted by Crippen LogP contribution is 2.18. The zero-order valence-corrected chi connectivity index (χ0v) is 12.0. The summed E-state index contributed by atoms with van der Waals surface area (Å²) < 4.78 is 5.05. The van der Waals surface area contributed by atoms with Crippen molar-refractivity contribution in [3.05, 3.63) is 23.8 Å². The number of carbonyl (C=O) groups excluding carboxylic acids is 2. The summed E-state index contributed by atoms with van der Waals surface area (Å²) in [6.07, 6.45) is 0.846. The normalized spacial score (nSPS) is 11.6. The maximum Gasteiger partial charge on any atom is 0.252 e. The van der Waals surface area contributed by atoms with E-state index >= 15 is 0 Å². The summed E-state index contributed by atoms with van der Waals surface area (Å²) in [5.74, 6) is -0.0796. The standard InChI is InChI=1S/C14H21N3O3/c1-4-5-16-13(18)9(2)17-14(19)10-6-11(15)8-12(7-10)20-3/h6-9H,4-5,15H2,1-3H3,(H,16,18)(H,17,19). The molecule has 0 aliphatic carbocycles. The van der Waals surface area contributed by atoms with E-state index in [9.17, 15) is 9.59 Å². The van der Waals surface area contributed by atoms with Crippen LogP contribution in [-0.4, -0.2) is 31.5 Å². The van der Waals surface area contributed by atoms with Gasteiger partial charge in [-0.3, -0.25) is 9.59 Å². The molecule has 0 radical (unpaired) electrons. The molecule has 4 N–H and O–H groups in total. The summed E-state index contributed by atoms with van der Waals surface area (Å²) >= 11 is 0. The fraction of sp³-hybridized carbons (Fsp3) is 0.429. The van der Waals surface area contributed by atoms with Gasteiger partial charge in [-0.15, -0.1) is 0 Å². The molecule has 1 atom stereocenters.